The summed E-state index contributed by atoms with van der Waals surface area (Å²) in [5.74, 6) is 0. The number of ether oxygens (including phenoxy) is 3. The molecule has 0 aromatic rings. The number of hydrogen-bond acceptors (Lipinski definition) is 4. The van der Waals surface area contributed by atoms with E-state index in [0.29, 0.717) is 13.2 Å². The lowest BCUT2D eigenvalue weighted by atomic mass is 10.4. The summed E-state index contributed by atoms with van der Waals surface area (Å²) in [5, 5.41) is 8.66. The maximum absolute atomic E-state index is 8.66. The summed E-state index contributed by atoms with van der Waals surface area (Å²) in [5.41, 5.74) is 0. The Balaban J connectivity index is 2.92. The van der Waals surface area contributed by atoms with Gasteiger partial charge in [0.15, 0.2) is 0 Å². The predicted molar refractivity (Wildman–Crippen MR) is 54.4 cm³/mol. The van der Waals surface area contributed by atoms with Crippen molar-refractivity contribution < 1.29 is 19.3 Å². The minimum absolute atomic E-state index is 0.0662. The monoisotopic (exact) mass is 206 g/mol. The Hall–Kier alpha value is -0.160. The summed E-state index contributed by atoms with van der Waals surface area (Å²) >= 11 is 0. The summed E-state index contributed by atoms with van der Waals surface area (Å²) in [6, 6.07) is 0. The highest BCUT2D eigenvalue weighted by atomic mass is 16.5. The Labute approximate surface area is 86.2 Å². The minimum atomic E-state index is -0.0662. The first kappa shape index (κ1) is 13.8. The highest BCUT2D eigenvalue weighted by Crippen LogP contribution is 1.92. The molecule has 0 rings (SSSR count). The third-order valence-electron chi connectivity index (χ3n) is 1.73. The van der Waals surface area contributed by atoms with Gasteiger partial charge in [0, 0.05) is 33.5 Å². The molecule has 0 spiro atoms. The van der Waals surface area contributed by atoms with Crippen molar-refractivity contribution in [2.24, 2.45) is 0 Å². The Morgan fingerprint density at radius 2 is 1.71 bits per heavy atom. The molecular formula is C10H22O4. The SMILES string of the molecule is COCCCOCCCOC(C)CO. The molecule has 0 heterocycles. The van der Waals surface area contributed by atoms with Gasteiger partial charge in [0.05, 0.1) is 12.7 Å². The van der Waals surface area contributed by atoms with Gasteiger partial charge in [-0.25, -0.2) is 0 Å². The van der Waals surface area contributed by atoms with E-state index in [9.17, 15) is 0 Å². The first-order chi connectivity index (χ1) is 6.81. The zero-order valence-corrected chi connectivity index (χ0v) is 9.20. The Morgan fingerprint density at radius 3 is 2.29 bits per heavy atom. The molecule has 1 atom stereocenters. The maximum Gasteiger partial charge on any atom is 0.0777 e. The van der Waals surface area contributed by atoms with Gasteiger partial charge in [0.25, 0.3) is 0 Å². The van der Waals surface area contributed by atoms with Crippen LogP contribution in [0, 0.1) is 0 Å². The highest BCUT2D eigenvalue weighted by molar-refractivity contribution is 4.44. The van der Waals surface area contributed by atoms with Gasteiger partial charge in [0.2, 0.25) is 0 Å². The molecule has 0 saturated heterocycles. The maximum atomic E-state index is 8.66. The van der Waals surface area contributed by atoms with Crippen LogP contribution in [0.1, 0.15) is 19.8 Å². The molecule has 86 valence electrons. The second-order valence-corrected chi connectivity index (χ2v) is 3.18. The second-order valence-electron chi connectivity index (χ2n) is 3.18. The van der Waals surface area contributed by atoms with Gasteiger partial charge < -0.3 is 19.3 Å². The predicted octanol–water partition coefficient (Wildman–Crippen LogP) is 0.827. The summed E-state index contributed by atoms with van der Waals surface area (Å²) < 4.78 is 15.5. The fourth-order valence-electron chi connectivity index (χ4n) is 0.906. The molecule has 0 aromatic carbocycles. The van der Waals surface area contributed by atoms with Crippen LogP contribution in [-0.2, 0) is 14.2 Å². The molecule has 1 N–H and O–H groups in total. The molecule has 0 aliphatic rings. The average Bonchev–Trinajstić information content (AvgIpc) is 2.21. The van der Waals surface area contributed by atoms with Crippen molar-refractivity contribution in [3.8, 4) is 0 Å². The molecule has 0 aromatic heterocycles. The van der Waals surface area contributed by atoms with E-state index in [1.807, 2.05) is 6.92 Å². The number of rotatable bonds is 10. The normalized spacial score (nSPS) is 13.1. The Kier molecular flexibility index (Phi) is 10.8. The molecule has 1 unspecified atom stereocenters. The first-order valence-electron chi connectivity index (χ1n) is 5.10. The summed E-state index contributed by atoms with van der Waals surface area (Å²) in [4.78, 5) is 0. The van der Waals surface area contributed by atoms with Crippen molar-refractivity contribution in [2.45, 2.75) is 25.9 Å². The van der Waals surface area contributed by atoms with Gasteiger partial charge >= 0.3 is 0 Å². The van der Waals surface area contributed by atoms with Crippen LogP contribution in [-0.4, -0.2) is 51.4 Å². The third-order valence-corrected chi connectivity index (χ3v) is 1.73. The van der Waals surface area contributed by atoms with Crippen LogP contribution < -0.4 is 0 Å². The highest BCUT2D eigenvalue weighted by Gasteiger charge is 1.98. The van der Waals surface area contributed by atoms with E-state index in [-0.39, 0.29) is 12.7 Å². The van der Waals surface area contributed by atoms with Crippen molar-refractivity contribution >= 4 is 0 Å². The minimum Gasteiger partial charge on any atom is -0.394 e. The van der Waals surface area contributed by atoms with Crippen LogP contribution in [0.3, 0.4) is 0 Å². The Morgan fingerprint density at radius 1 is 1.07 bits per heavy atom. The lowest BCUT2D eigenvalue weighted by molar-refractivity contribution is 0.0108. The van der Waals surface area contributed by atoms with Crippen LogP contribution >= 0.6 is 0 Å². The summed E-state index contributed by atoms with van der Waals surface area (Å²) in [7, 11) is 1.68. The number of aliphatic hydroxyl groups is 1. The van der Waals surface area contributed by atoms with Gasteiger partial charge in [-0.05, 0) is 19.8 Å². The van der Waals surface area contributed by atoms with Gasteiger partial charge in [0.1, 0.15) is 0 Å². The molecule has 0 saturated carbocycles. The molecule has 4 nitrogen and oxygen atoms in total. The van der Waals surface area contributed by atoms with Crippen molar-refractivity contribution in [1.29, 1.82) is 0 Å². The van der Waals surface area contributed by atoms with E-state index in [0.717, 1.165) is 26.1 Å². The van der Waals surface area contributed by atoms with E-state index in [1.54, 1.807) is 7.11 Å². The standard InChI is InChI=1S/C10H22O4/c1-10(9-11)14-8-4-7-13-6-3-5-12-2/h10-11H,3-9H2,1-2H3. The largest absolute Gasteiger partial charge is 0.394 e. The smallest absolute Gasteiger partial charge is 0.0777 e. The van der Waals surface area contributed by atoms with Crippen LogP contribution in [0.4, 0.5) is 0 Å². The van der Waals surface area contributed by atoms with Crippen LogP contribution in [0.25, 0.3) is 0 Å². The number of hydrogen-bond donors (Lipinski definition) is 1. The van der Waals surface area contributed by atoms with Crippen molar-refractivity contribution in [1.82, 2.24) is 0 Å². The quantitative estimate of drug-likeness (QED) is 0.538. The molecule has 14 heavy (non-hydrogen) atoms. The molecule has 0 aliphatic heterocycles. The lowest BCUT2D eigenvalue weighted by Crippen LogP contribution is -2.14. The fraction of sp³-hybridized carbons (Fsp3) is 1.00. The zero-order chi connectivity index (χ0) is 10.6. The topological polar surface area (TPSA) is 47.9 Å². The Bertz CT molecular complexity index is 108. The van der Waals surface area contributed by atoms with Crippen LogP contribution in [0.2, 0.25) is 0 Å². The summed E-state index contributed by atoms with van der Waals surface area (Å²) in [6.07, 6.45) is 1.74. The van der Waals surface area contributed by atoms with E-state index in [1.165, 1.54) is 0 Å². The van der Waals surface area contributed by atoms with Crippen molar-refractivity contribution in [2.75, 3.05) is 40.1 Å². The first-order valence-corrected chi connectivity index (χ1v) is 5.10. The fourth-order valence-corrected chi connectivity index (χ4v) is 0.906. The van der Waals surface area contributed by atoms with Crippen LogP contribution in [0.15, 0.2) is 0 Å². The molecule has 0 aliphatic carbocycles. The number of methoxy groups -OCH3 is 1. The lowest BCUT2D eigenvalue weighted by Gasteiger charge is -2.09. The zero-order valence-electron chi connectivity index (χ0n) is 9.20. The van der Waals surface area contributed by atoms with Gasteiger partial charge in [-0.2, -0.15) is 0 Å². The molecule has 0 bridgehead atoms. The molecule has 0 fully saturated rings. The van der Waals surface area contributed by atoms with Gasteiger partial charge in [-0.3, -0.25) is 0 Å². The summed E-state index contributed by atoms with van der Waals surface area (Å²) in [6.45, 7) is 4.77. The molecule has 4 heteroatoms. The van der Waals surface area contributed by atoms with E-state index < -0.39 is 0 Å². The molecule has 0 radical (unpaired) electrons. The van der Waals surface area contributed by atoms with Gasteiger partial charge in [-0.1, -0.05) is 0 Å². The number of aliphatic hydroxyl groups excluding tert-OH is 1. The van der Waals surface area contributed by atoms with Crippen molar-refractivity contribution in [3.05, 3.63) is 0 Å². The van der Waals surface area contributed by atoms with Gasteiger partial charge in [-0.15, -0.1) is 0 Å². The molecule has 0 amide bonds. The third kappa shape index (κ3) is 9.92. The second kappa shape index (κ2) is 10.9. The van der Waals surface area contributed by atoms with E-state index in [4.69, 9.17) is 19.3 Å². The van der Waals surface area contributed by atoms with Crippen molar-refractivity contribution in [3.63, 3.8) is 0 Å². The van der Waals surface area contributed by atoms with Crippen LogP contribution in [0.5, 0.6) is 0 Å². The van der Waals surface area contributed by atoms with E-state index in [2.05, 4.69) is 0 Å². The van der Waals surface area contributed by atoms with E-state index >= 15 is 0 Å². The molecular weight excluding hydrogens is 184 g/mol. The average molecular weight is 206 g/mol.